The molecule has 1 aliphatic carbocycles. The van der Waals surface area contributed by atoms with Crippen LogP contribution in [0.5, 0.6) is 0 Å². The van der Waals surface area contributed by atoms with E-state index in [1.807, 2.05) is 30.3 Å². The fraction of sp³-hybridized carbons (Fsp3) is 0.111. The van der Waals surface area contributed by atoms with Crippen LogP contribution < -0.4 is 14.9 Å². The maximum Gasteiger partial charge on any atom is 0.271 e. The minimum absolute atomic E-state index is 0.0580. The van der Waals surface area contributed by atoms with E-state index in [4.69, 9.17) is 4.99 Å². The smallest absolute Gasteiger partial charge is 0.271 e. The molecule has 2 aliphatic rings. The number of thiazole rings is 1. The highest BCUT2D eigenvalue weighted by Crippen LogP contribution is 2.41. The fourth-order valence-electron chi connectivity index (χ4n) is 4.72. The van der Waals surface area contributed by atoms with Gasteiger partial charge in [-0.2, -0.15) is 0 Å². The van der Waals surface area contributed by atoms with E-state index in [1.165, 1.54) is 29.0 Å². The number of halogens is 2. The van der Waals surface area contributed by atoms with Gasteiger partial charge in [-0.15, -0.1) is 0 Å². The molecule has 3 nitrogen and oxygen atoms in total. The largest absolute Gasteiger partial charge is 0.272 e. The van der Waals surface area contributed by atoms with Crippen LogP contribution in [0.1, 0.15) is 34.7 Å². The van der Waals surface area contributed by atoms with E-state index in [-0.39, 0.29) is 17.4 Å². The Labute approximate surface area is 207 Å². The van der Waals surface area contributed by atoms with Crippen LogP contribution in [-0.4, -0.2) is 4.57 Å². The maximum absolute atomic E-state index is 13.7. The lowest BCUT2D eigenvalue weighted by atomic mass is 9.83. The summed E-state index contributed by atoms with van der Waals surface area (Å²) in [6.07, 6.45) is 3.65. The number of allylic oxidation sites excluding steroid dienone is 1. The first-order valence-electron chi connectivity index (χ1n) is 10.7. The van der Waals surface area contributed by atoms with Gasteiger partial charge in [-0.25, -0.2) is 9.38 Å². The third kappa shape index (κ3) is 3.61. The second-order valence-corrected chi connectivity index (χ2v) is 10.5. The second-order valence-electron chi connectivity index (χ2n) is 8.22. The van der Waals surface area contributed by atoms with Crippen LogP contribution in [-0.2, 0) is 6.42 Å². The molecule has 0 spiro atoms. The lowest BCUT2D eigenvalue weighted by Crippen LogP contribution is -2.38. The van der Waals surface area contributed by atoms with Crippen LogP contribution in [0.2, 0.25) is 0 Å². The van der Waals surface area contributed by atoms with Crippen molar-refractivity contribution >= 4 is 45.7 Å². The first kappa shape index (κ1) is 20.7. The lowest BCUT2D eigenvalue weighted by Gasteiger charge is -2.30. The van der Waals surface area contributed by atoms with Crippen LogP contribution >= 0.6 is 33.9 Å². The Morgan fingerprint density at radius 2 is 1.85 bits per heavy atom. The van der Waals surface area contributed by atoms with Crippen molar-refractivity contribution in [3.8, 4) is 0 Å². The molecule has 6 rings (SSSR count). The highest BCUT2D eigenvalue weighted by molar-refractivity contribution is 14.1. The van der Waals surface area contributed by atoms with Crippen LogP contribution in [0, 0.1) is 9.39 Å². The molecule has 3 aromatic carbocycles. The van der Waals surface area contributed by atoms with Crippen molar-refractivity contribution < 1.29 is 4.39 Å². The molecule has 33 heavy (non-hydrogen) atoms. The van der Waals surface area contributed by atoms with Crippen molar-refractivity contribution in [2.45, 2.75) is 18.9 Å². The molecule has 0 amide bonds. The average Bonchev–Trinajstić information content (AvgIpc) is 3.13. The van der Waals surface area contributed by atoms with Gasteiger partial charge in [0.25, 0.3) is 5.56 Å². The molecule has 162 valence electrons. The Morgan fingerprint density at radius 3 is 2.67 bits per heavy atom. The van der Waals surface area contributed by atoms with Gasteiger partial charge in [-0.05, 0) is 88.0 Å². The Balaban J connectivity index is 1.63. The number of fused-ring (bicyclic) bond motifs is 3. The zero-order valence-corrected chi connectivity index (χ0v) is 20.4. The van der Waals surface area contributed by atoms with Crippen molar-refractivity contribution in [2.24, 2.45) is 4.99 Å². The SMILES string of the molecule is O=c1c(=Cc2cccc(I)c2)sc2n1C(c1ccc(F)cc1)C1=C(N=2)c2ccccc2CC1. The van der Waals surface area contributed by atoms with Crippen LogP contribution in [0.4, 0.5) is 4.39 Å². The summed E-state index contributed by atoms with van der Waals surface area (Å²) in [7, 11) is 0. The molecule has 2 heterocycles. The Morgan fingerprint density at radius 1 is 1.03 bits per heavy atom. The van der Waals surface area contributed by atoms with Gasteiger partial charge in [0.05, 0.1) is 16.3 Å². The molecule has 0 bridgehead atoms. The predicted molar refractivity (Wildman–Crippen MR) is 138 cm³/mol. The molecular formula is C27H18FIN2OS. The highest BCUT2D eigenvalue weighted by Gasteiger charge is 2.32. The fourth-order valence-corrected chi connectivity index (χ4v) is 6.28. The molecule has 1 aliphatic heterocycles. The van der Waals surface area contributed by atoms with E-state index < -0.39 is 0 Å². The molecule has 0 radical (unpaired) electrons. The van der Waals surface area contributed by atoms with Crippen LogP contribution in [0.25, 0.3) is 11.8 Å². The van der Waals surface area contributed by atoms with Crippen molar-refractivity contribution in [2.75, 3.05) is 0 Å². The molecule has 0 saturated heterocycles. The highest BCUT2D eigenvalue weighted by atomic mass is 127. The van der Waals surface area contributed by atoms with E-state index in [0.29, 0.717) is 9.33 Å². The summed E-state index contributed by atoms with van der Waals surface area (Å²) in [6, 6.07) is 22.6. The molecule has 0 N–H and O–H groups in total. The number of rotatable bonds is 2. The first-order chi connectivity index (χ1) is 16.1. The average molecular weight is 564 g/mol. The van der Waals surface area contributed by atoms with Crippen molar-refractivity contribution in [3.05, 3.63) is 130 Å². The molecule has 0 fully saturated rings. The summed E-state index contributed by atoms with van der Waals surface area (Å²) in [5, 5.41) is 0. The molecule has 0 saturated carbocycles. The molecule has 1 aromatic heterocycles. The second kappa shape index (κ2) is 8.18. The molecular weight excluding hydrogens is 546 g/mol. The van der Waals surface area contributed by atoms with Gasteiger partial charge >= 0.3 is 0 Å². The Bertz CT molecular complexity index is 1620. The monoisotopic (exact) mass is 564 g/mol. The number of hydrogen-bond acceptors (Lipinski definition) is 3. The van der Waals surface area contributed by atoms with E-state index in [1.54, 1.807) is 16.7 Å². The number of aromatic nitrogens is 1. The number of aryl methyl sites for hydroxylation is 1. The minimum Gasteiger partial charge on any atom is -0.272 e. The molecule has 4 aromatic rings. The van der Waals surface area contributed by atoms with E-state index in [9.17, 15) is 9.18 Å². The summed E-state index contributed by atoms with van der Waals surface area (Å²) in [6.45, 7) is 0. The zero-order valence-electron chi connectivity index (χ0n) is 17.5. The Hall–Kier alpha value is -2.84. The summed E-state index contributed by atoms with van der Waals surface area (Å²) < 4.78 is 17.3. The standard InChI is InChI=1S/C27H18FIN2OS/c28-19-11-8-18(9-12-19)25-22-13-10-17-5-1-2-7-21(17)24(22)30-27-31(25)26(32)23(33-27)15-16-4-3-6-20(29)14-16/h1-9,11-12,14-15,25H,10,13H2. The maximum atomic E-state index is 13.7. The van der Waals surface area contributed by atoms with Crippen LogP contribution in [0.3, 0.4) is 0 Å². The van der Waals surface area contributed by atoms with Gasteiger partial charge < -0.3 is 0 Å². The van der Waals surface area contributed by atoms with Gasteiger partial charge in [0.2, 0.25) is 0 Å². The minimum atomic E-state index is -0.289. The quantitative estimate of drug-likeness (QED) is 0.314. The summed E-state index contributed by atoms with van der Waals surface area (Å²) in [5.74, 6) is -0.284. The first-order valence-corrected chi connectivity index (χ1v) is 12.6. The summed E-state index contributed by atoms with van der Waals surface area (Å²) >= 11 is 3.69. The lowest BCUT2D eigenvalue weighted by molar-refractivity contribution is 0.581. The molecule has 1 unspecified atom stereocenters. The van der Waals surface area contributed by atoms with Gasteiger partial charge in [0, 0.05) is 9.13 Å². The zero-order chi connectivity index (χ0) is 22.5. The number of benzene rings is 3. The summed E-state index contributed by atoms with van der Waals surface area (Å²) in [5.41, 5.74) is 6.30. The van der Waals surface area contributed by atoms with Crippen molar-refractivity contribution in [1.29, 1.82) is 0 Å². The molecule has 1 atom stereocenters. The van der Waals surface area contributed by atoms with E-state index >= 15 is 0 Å². The van der Waals surface area contributed by atoms with Crippen LogP contribution in [0.15, 0.2) is 88.2 Å². The number of nitrogens with zero attached hydrogens (tertiary/aromatic N) is 2. The van der Waals surface area contributed by atoms with Gasteiger partial charge in [0.1, 0.15) is 5.82 Å². The summed E-state index contributed by atoms with van der Waals surface area (Å²) in [4.78, 5) is 19.3. The normalized spacial score (nSPS) is 17.3. The third-order valence-corrected chi connectivity index (χ3v) is 7.86. The van der Waals surface area contributed by atoms with Crippen molar-refractivity contribution in [1.82, 2.24) is 4.57 Å². The van der Waals surface area contributed by atoms with Gasteiger partial charge in [0.15, 0.2) is 4.80 Å². The van der Waals surface area contributed by atoms with E-state index in [0.717, 1.165) is 44.4 Å². The third-order valence-electron chi connectivity index (χ3n) is 6.21. The van der Waals surface area contributed by atoms with Crippen molar-refractivity contribution in [3.63, 3.8) is 0 Å². The Kier molecular flexibility index (Phi) is 5.14. The van der Waals surface area contributed by atoms with Gasteiger partial charge in [-0.3, -0.25) is 9.36 Å². The van der Waals surface area contributed by atoms with E-state index in [2.05, 4.69) is 46.9 Å². The topological polar surface area (TPSA) is 34.4 Å². The van der Waals surface area contributed by atoms with Gasteiger partial charge in [-0.1, -0.05) is 59.9 Å². The predicted octanol–water partition coefficient (Wildman–Crippen LogP) is 5.06. The molecule has 6 heteroatoms. The number of hydrogen-bond donors (Lipinski definition) is 0.